The van der Waals surface area contributed by atoms with Gasteiger partial charge in [0, 0.05) is 143 Å². The Morgan fingerprint density at radius 3 is 1.14 bits per heavy atom. The van der Waals surface area contributed by atoms with Gasteiger partial charge >= 0.3 is 30.2 Å². The third-order valence-electron chi connectivity index (χ3n) is 26.0. The summed E-state index contributed by atoms with van der Waals surface area (Å²) in [6.45, 7) is 27.7. The zero-order chi connectivity index (χ0) is 111. The van der Waals surface area contributed by atoms with E-state index in [4.69, 9.17) is 87.2 Å². The fraction of sp³-hybridized carbons (Fsp3) is 0.653. The number of carbonyl (C=O) groups excluding carboxylic acids is 17. The minimum Gasteiger partial charge on any atom is -0.496 e. The summed E-state index contributed by atoms with van der Waals surface area (Å²) in [4.78, 5) is 235. The van der Waals surface area contributed by atoms with E-state index < -0.39 is 137 Å². The molecule has 6 saturated heterocycles. The number of amides is 14. The van der Waals surface area contributed by atoms with Crippen molar-refractivity contribution in [3.63, 3.8) is 0 Å². The van der Waals surface area contributed by atoms with Crippen molar-refractivity contribution < 1.29 is 144 Å². The van der Waals surface area contributed by atoms with E-state index in [1.54, 1.807) is 101 Å². The Labute approximate surface area is 865 Å². The van der Waals surface area contributed by atoms with Crippen LogP contribution in [0.25, 0.3) is 21.8 Å². The number of carbonyl (C=O) groups is 19. The maximum absolute atomic E-state index is 13.5. The molecular formula is C101H154N18O30. The standard InChI is InChI=1S/C25H32N4O6.C20H33N3O6.C15H25N3O4.C12H21N3O4.C12H21NO5.C10H9NO3.C7H13N3O2/c1-3-35-15-11-20(24(32)28-18(23(26)31)10-14-6-4-8-21(14)30)29(13-15)25(33)19-12-16-17(27-19)7-5-9-22(16)34-2;1-5-28-13-10-15(23(11-13)19(27)29-20(2,3)4)18(26)22-14(17(21)25)9-12-7-6-8-16(12)24;1-2-22-10-7-12(17-8-10)15(21)18-11(14(16)20)6-9-4-3-5-13(9)19;1-12(2,3)19-11(18)15-8(9(13)16)6-7-4-5-14-10(7)17;1-5-17-8-6-9(10(14)15)13(7-8)11(16)18-12(2,3)4;1-14-9-4-2-3-7-6(9)5-8(11-7)10(12)13;8-5(6(9)11)3-4-1-2-10-7(4)12/h5,7,9,12,14-15,18,20,27H,3-4,6,8,10-11,13H2,1-2H3,(H2,26,31)(H,28,32);12-15H,5-11H2,1-4H3,(H2,21,25)(H,22,26);9-12,17H,2-8H2,1H3,(H2,16,20)(H,18,21);7-8H,4-6H2,1-3H3,(H2,13,16)(H,14,17)(H,15,18);8-9H,5-7H2,1-4H3,(H,14,15);2-5,11H,1H3,(H,12,13);4-5H,1-3,8H2,(H2,9,11)(H,10,12)/t14-,15+,18-,20-;12-,13+,14-,15-;9-,10+,11-,12-;7-,8-;8-,9+;;4-,5-/m00001.0/s1. The summed E-state index contributed by atoms with van der Waals surface area (Å²) in [5.41, 5.74) is 32.0. The minimum atomic E-state index is -1.02. The number of ketones is 3. The van der Waals surface area contributed by atoms with E-state index in [0.717, 1.165) is 53.9 Å². The monoisotopic (exact) mass is 2100 g/mol. The van der Waals surface area contributed by atoms with Gasteiger partial charge in [-0.2, -0.15) is 0 Å². The van der Waals surface area contributed by atoms with Gasteiger partial charge in [0.15, 0.2) is 0 Å². The maximum Gasteiger partial charge on any atom is 0.411 e. The number of likely N-dealkylation sites (tertiary alicyclic amines) is 3. The molecule has 48 nitrogen and oxygen atoms in total. The Hall–Kier alpha value is -13.2. The van der Waals surface area contributed by atoms with Crippen LogP contribution >= 0.6 is 0 Å². The number of aromatic carboxylic acids is 1. The number of Topliss-reactive ketones (excluding diaryl/α,β-unsaturated/α-hetero) is 3. The molecule has 8 heterocycles. The largest absolute Gasteiger partial charge is 0.496 e. The van der Waals surface area contributed by atoms with Crippen molar-refractivity contribution in [1.29, 1.82) is 0 Å². The maximum atomic E-state index is 13.5. The molecule has 48 heteroatoms. The molecule has 4 aromatic rings. The van der Waals surface area contributed by atoms with Crippen LogP contribution in [0.2, 0.25) is 0 Å². The second kappa shape index (κ2) is 57.5. The molecule has 9 fully saturated rings. The van der Waals surface area contributed by atoms with Crippen LogP contribution in [-0.4, -0.2) is 323 Å². The van der Waals surface area contributed by atoms with Crippen molar-refractivity contribution >= 4 is 134 Å². The Morgan fingerprint density at radius 1 is 0.430 bits per heavy atom. The minimum absolute atomic E-state index is 0.0178. The zero-order valence-electron chi connectivity index (χ0n) is 87.9. The number of alkyl carbamates (subject to hydrolysis) is 1. The fourth-order valence-electron chi connectivity index (χ4n) is 18.7. The Balaban J connectivity index is 0.000000242. The zero-order valence-corrected chi connectivity index (χ0v) is 87.9. The van der Waals surface area contributed by atoms with Gasteiger partial charge in [-0.3, -0.25) is 76.9 Å². The molecule has 3 saturated carbocycles. The van der Waals surface area contributed by atoms with Gasteiger partial charge in [0.2, 0.25) is 59.1 Å². The van der Waals surface area contributed by atoms with Crippen LogP contribution in [0.3, 0.4) is 0 Å². The van der Waals surface area contributed by atoms with E-state index in [9.17, 15) is 91.1 Å². The van der Waals surface area contributed by atoms with Crippen LogP contribution in [0.1, 0.15) is 239 Å². The highest BCUT2D eigenvalue weighted by Gasteiger charge is 2.48. The van der Waals surface area contributed by atoms with Crippen molar-refractivity contribution in [1.82, 2.24) is 61.9 Å². The average molecular weight is 2100 g/mol. The van der Waals surface area contributed by atoms with Crippen molar-refractivity contribution in [2.45, 2.75) is 314 Å². The van der Waals surface area contributed by atoms with Gasteiger partial charge in [0.05, 0.1) is 63.8 Å². The molecule has 0 spiro atoms. The summed E-state index contributed by atoms with van der Waals surface area (Å²) < 4.78 is 48.3. The Kier molecular flexibility index (Phi) is 47.4. The molecule has 18 atom stereocenters. The fourth-order valence-corrected chi connectivity index (χ4v) is 18.7. The highest BCUT2D eigenvalue weighted by molar-refractivity contribution is 6.03. The average Bonchev–Trinajstić information content (AvgIpc) is 1.63. The molecule has 23 N–H and O–H groups in total. The van der Waals surface area contributed by atoms with Crippen LogP contribution in [0.5, 0.6) is 11.5 Å². The second-order valence-corrected chi connectivity index (χ2v) is 40.7. The Bertz CT molecular complexity index is 5320. The molecule has 13 rings (SSSR count). The highest BCUT2D eigenvalue weighted by Crippen LogP contribution is 2.35. The number of nitrogens with two attached hydrogens (primary N) is 6. The lowest BCUT2D eigenvalue weighted by Crippen LogP contribution is -2.53. The number of carboxylic acid groups (broad SMARTS) is 2. The lowest BCUT2D eigenvalue weighted by molar-refractivity contribution is -0.142. The third kappa shape index (κ3) is 38.4. The van der Waals surface area contributed by atoms with Crippen LogP contribution in [-0.2, 0) is 100 Å². The smallest absolute Gasteiger partial charge is 0.411 e. The van der Waals surface area contributed by atoms with Crippen LogP contribution in [0.4, 0.5) is 14.4 Å². The number of carboxylic acids is 2. The van der Waals surface area contributed by atoms with Gasteiger partial charge in [0.25, 0.3) is 5.91 Å². The number of primary amides is 5. The van der Waals surface area contributed by atoms with E-state index in [2.05, 4.69) is 47.2 Å². The number of H-pyrrole nitrogens is 2. The number of aromatic nitrogens is 2. The molecule has 828 valence electrons. The van der Waals surface area contributed by atoms with Crippen molar-refractivity contribution in [2.75, 3.05) is 79.9 Å². The molecular weight excluding hydrogens is 1950 g/mol. The number of nitrogens with zero attached hydrogens (tertiary/aromatic N) is 3. The number of fused-ring (bicyclic) bond motifs is 2. The van der Waals surface area contributed by atoms with Crippen molar-refractivity contribution in [3.8, 4) is 11.5 Å². The van der Waals surface area contributed by atoms with Crippen LogP contribution < -0.4 is 81.1 Å². The summed E-state index contributed by atoms with van der Waals surface area (Å²) in [7, 11) is 3.12. The second-order valence-electron chi connectivity index (χ2n) is 40.7. The summed E-state index contributed by atoms with van der Waals surface area (Å²) in [5.74, 6) is -6.41. The number of benzene rings is 2. The topological polar surface area (TPSA) is 729 Å². The van der Waals surface area contributed by atoms with E-state index >= 15 is 0 Å². The van der Waals surface area contributed by atoms with Crippen LogP contribution in [0, 0.1) is 29.6 Å². The number of rotatable bonds is 35. The number of ether oxygens (including phenoxy) is 9. The van der Waals surface area contributed by atoms with Crippen molar-refractivity contribution in [3.05, 3.63) is 59.9 Å². The van der Waals surface area contributed by atoms with E-state index in [1.165, 1.54) is 14.7 Å². The molecule has 6 aliphatic heterocycles. The first-order valence-corrected chi connectivity index (χ1v) is 50.6. The third-order valence-corrected chi connectivity index (χ3v) is 26.0. The van der Waals surface area contributed by atoms with Crippen molar-refractivity contribution in [2.24, 2.45) is 64.0 Å². The summed E-state index contributed by atoms with van der Waals surface area (Å²) in [5, 5.41) is 38.3. The van der Waals surface area contributed by atoms with Gasteiger partial charge in [-0.25, -0.2) is 24.0 Å². The van der Waals surface area contributed by atoms with Gasteiger partial charge < -0.3 is 139 Å². The summed E-state index contributed by atoms with van der Waals surface area (Å²) in [6.07, 6.45) is 7.44. The number of aromatic amines is 2. The molecule has 3 aliphatic carbocycles. The first-order chi connectivity index (χ1) is 70.1. The van der Waals surface area contributed by atoms with Crippen LogP contribution in [0.15, 0.2) is 48.5 Å². The highest BCUT2D eigenvalue weighted by atomic mass is 16.6. The lowest BCUT2D eigenvalue weighted by atomic mass is 9.96. The lowest BCUT2D eigenvalue weighted by Gasteiger charge is -2.29. The normalized spacial score (nSPS) is 23.3. The van der Waals surface area contributed by atoms with Gasteiger partial charge in [-0.05, 0) is 216 Å². The van der Waals surface area contributed by atoms with E-state index in [1.807, 2.05) is 52.0 Å². The number of aliphatic carboxylic acids is 1. The molecule has 14 amide bonds. The predicted octanol–water partition coefficient (Wildman–Crippen LogP) is 3.72. The number of methoxy groups -OCH3 is 2. The molecule has 2 aromatic heterocycles. The molecule has 2 aromatic carbocycles. The molecule has 9 aliphatic rings. The van der Waals surface area contributed by atoms with Gasteiger partial charge in [-0.15, -0.1) is 0 Å². The Morgan fingerprint density at radius 2 is 0.785 bits per heavy atom. The molecule has 149 heavy (non-hydrogen) atoms. The summed E-state index contributed by atoms with van der Waals surface area (Å²) in [6, 6.07) is 6.93. The quantitative estimate of drug-likeness (QED) is 0.0292. The summed E-state index contributed by atoms with van der Waals surface area (Å²) >= 11 is 0. The number of nitrogens with one attached hydrogen (secondary N) is 9. The van der Waals surface area contributed by atoms with Gasteiger partial charge in [-0.1, -0.05) is 12.1 Å². The molecule has 0 unspecified atom stereocenters. The first-order valence-electron chi connectivity index (χ1n) is 50.6. The number of hydrogen-bond donors (Lipinski definition) is 17. The SMILES string of the molecule is CC(C)(C)OC(=O)N[C@@H](C[C@@H]1CCNC1=O)C(N)=O.CCO[C@@H]1C[C@@H](C(=O)N[C@@H](C[C@@H]2CCCC2=O)C(N)=O)N(C(=O)OC(C)(C)C)C1.CCO[C@@H]1C[C@@H](C(=O)N[C@@H](C[C@@H]2CCCC2=O)C(N)=O)N(C(=O)c2cc3c(OC)cccc3[nH]2)C1.CCO[C@@H]1C[C@@H](C(=O)O)N(C(=O)OC(C)(C)C)C1.CCO[C@H]1CN[C@H](C(=O)N[C@@H](C[C@@H]2CCCC2=O)C(N)=O)C1.COc1cccc2[nH]c(C(=O)O)cc12.NC(=O)[C@@H](N)C[C@@H]1CCNC1=O. The number of hydrogen-bond acceptors (Lipinski definition) is 30. The van der Waals surface area contributed by atoms with E-state index in [-0.39, 0.29) is 146 Å². The first kappa shape index (κ1) is 123. The van der Waals surface area contributed by atoms with E-state index in [0.29, 0.717) is 140 Å². The predicted molar refractivity (Wildman–Crippen MR) is 540 cm³/mol. The molecule has 0 radical (unpaired) electrons. The molecule has 0 bridgehead atoms. The van der Waals surface area contributed by atoms with Gasteiger partial charge in [0.1, 0.15) is 99.3 Å².